The summed E-state index contributed by atoms with van der Waals surface area (Å²) in [6, 6.07) is 13.6. The van der Waals surface area contributed by atoms with Crippen molar-refractivity contribution in [1.29, 1.82) is 0 Å². The molecular formula is C20H22N4O2. The molecule has 0 atom stereocenters. The monoisotopic (exact) mass is 350 g/mol. The molecule has 0 unspecified atom stereocenters. The smallest absolute Gasteiger partial charge is 0.220 e. The van der Waals surface area contributed by atoms with E-state index in [1.165, 1.54) is 0 Å². The number of hydrogen-bond donors (Lipinski definition) is 1. The van der Waals surface area contributed by atoms with Crippen LogP contribution in [0.5, 0.6) is 5.88 Å². The lowest BCUT2D eigenvalue weighted by molar-refractivity contribution is -0.121. The number of benzene rings is 1. The van der Waals surface area contributed by atoms with Crippen molar-refractivity contribution in [2.24, 2.45) is 0 Å². The molecule has 0 bridgehead atoms. The van der Waals surface area contributed by atoms with E-state index in [0.29, 0.717) is 31.9 Å². The summed E-state index contributed by atoms with van der Waals surface area (Å²) in [5.41, 5.74) is 2.91. The third kappa shape index (κ3) is 4.69. The fourth-order valence-electron chi connectivity index (χ4n) is 2.58. The SMILES string of the molecule is CCOc1ncccc1CNC(=O)CCc1cnn(-c2ccccc2)c1. The predicted molar refractivity (Wildman–Crippen MR) is 99.1 cm³/mol. The summed E-state index contributed by atoms with van der Waals surface area (Å²) >= 11 is 0. The van der Waals surface area contributed by atoms with E-state index < -0.39 is 0 Å². The summed E-state index contributed by atoms with van der Waals surface area (Å²) in [5.74, 6) is 0.559. The first-order valence-electron chi connectivity index (χ1n) is 8.68. The van der Waals surface area contributed by atoms with Crippen LogP contribution in [-0.2, 0) is 17.8 Å². The Morgan fingerprint density at radius 3 is 2.85 bits per heavy atom. The van der Waals surface area contributed by atoms with Crippen molar-refractivity contribution in [2.75, 3.05) is 6.61 Å². The highest BCUT2D eigenvalue weighted by Gasteiger charge is 2.08. The van der Waals surface area contributed by atoms with Crippen LogP contribution >= 0.6 is 0 Å². The normalized spacial score (nSPS) is 10.5. The Balaban J connectivity index is 1.50. The van der Waals surface area contributed by atoms with Crippen LogP contribution in [0.4, 0.5) is 0 Å². The maximum Gasteiger partial charge on any atom is 0.220 e. The summed E-state index contributed by atoms with van der Waals surface area (Å²) < 4.78 is 7.29. The molecule has 0 radical (unpaired) electrons. The van der Waals surface area contributed by atoms with Crippen LogP contribution in [0.15, 0.2) is 61.1 Å². The van der Waals surface area contributed by atoms with Gasteiger partial charge in [0.2, 0.25) is 11.8 Å². The zero-order valence-electron chi connectivity index (χ0n) is 14.8. The topological polar surface area (TPSA) is 69.0 Å². The van der Waals surface area contributed by atoms with Gasteiger partial charge in [-0.05, 0) is 37.1 Å². The van der Waals surface area contributed by atoms with Gasteiger partial charge in [-0.1, -0.05) is 24.3 Å². The molecule has 2 aromatic heterocycles. The lowest BCUT2D eigenvalue weighted by Gasteiger charge is -2.09. The van der Waals surface area contributed by atoms with Gasteiger partial charge < -0.3 is 10.1 Å². The highest BCUT2D eigenvalue weighted by atomic mass is 16.5. The van der Waals surface area contributed by atoms with Crippen LogP contribution in [0, 0.1) is 0 Å². The van der Waals surface area contributed by atoms with Crippen LogP contribution in [0.1, 0.15) is 24.5 Å². The number of hydrogen-bond acceptors (Lipinski definition) is 4. The number of nitrogens with one attached hydrogen (secondary N) is 1. The first-order valence-corrected chi connectivity index (χ1v) is 8.68. The molecule has 0 aliphatic carbocycles. The minimum atomic E-state index is -0.0104. The number of rotatable bonds is 8. The summed E-state index contributed by atoms with van der Waals surface area (Å²) in [6.45, 7) is 2.86. The Morgan fingerprint density at radius 1 is 1.19 bits per heavy atom. The van der Waals surface area contributed by atoms with Gasteiger partial charge in [0.25, 0.3) is 0 Å². The molecule has 134 valence electrons. The van der Waals surface area contributed by atoms with Gasteiger partial charge >= 0.3 is 0 Å². The average Bonchev–Trinajstić information content (AvgIpc) is 3.16. The van der Waals surface area contributed by atoms with Crippen molar-refractivity contribution >= 4 is 5.91 Å². The number of carbonyl (C=O) groups excluding carboxylic acids is 1. The molecule has 1 aromatic carbocycles. The highest BCUT2D eigenvalue weighted by Crippen LogP contribution is 2.14. The molecule has 6 heteroatoms. The summed E-state index contributed by atoms with van der Waals surface area (Å²) in [5, 5.41) is 7.27. The number of para-hydroxylation sites is 1. The molecule has 3 rings (SSSR count). The molecule has 1 amide bonds. The number of aryl methyl sites for hydroxylation is 1. The molecule has 0 aliphatic heterocycles. The molecule has 0 aliphatic rings. The lowest BCUT2D eigenvalue weighted by Crippen LogP contribution is -2.23. The number of aromatic nitrogens is 3. The van der Waals surface area contributed by atoms with Gasteiger partial charge in [-0.15, -0.1) is 0 Å². The molecule has 2 heterocycles. The third-order valence-electron chi connectivity index (χ3n) is 3.90. The average molecular weight is 350 g/mol. The van der Waals surface area contributed by atoms with Crippen molar-refractivity contribution < 1.29 is 9.53 Å². The standard InChI is InChI=1S/C20H22N4O2/c1-2-26-20-17(7-6-12-21-20)14-22-19(25)11-10-16-13-23-24(15-16)18-8-4-3-5-9-18/h3-9,12-13,15H,2,10-11,14H2,1H3,(H,22,25). The molecule has 0 spiro atoms. The Morgan fingerprint density at radius 2 is 2.04 bits per heavy atom. The van der Waals surface area contributed by atoms with Gasteiger partial charge in [-0.3, -0.25) is 4.79 Å². The van der Waals surface area contributed by atoms with Gasteiger partial charge in [0.15, 0.2) is 0 Å². The second-order valence-electron chi connectivity index (χ2n) is 5.81. The molecule has 0 saturated carbocycles. The Kier molecular flexibility index (Phi) is 5.98. The maximum atomic E-state index is 12.1. The van der Waals surface area contributed by atoms with Gasteiger partial charge in [-0.2, -0.15) is 5.10 Å². The lowest BCUT2D eigenvalue weighted by atomic mass is 10.2. The van der Waals surface area contributed by atoms with E-state index in [9.17, 15) is 4.79 Å². The molecule has 0 saturated heterocycles. The first-order chi connectivity index (χ1) is 12.8. The van der Waals surface area contributed by atoms with Crippen molar-refractivity contribution in [2.45, 2.75) is 26.3 Å². The summed E-state index contributed by atoms with van der Waals surface area (Å²) in [7, 11) is 0. The van der Waals surface area contributed by atoms with Gasteiger partial charge in [0.1, 0.15) is 0 Å². The van der Waals surface area contributed by atoms with Gasteiger partial charge in [0, 0.05) is 30.9 Å². The molecule has 1 N–H and O–H groups in total. The fourth-order valence-corrected chi connectivity index (χ4v) is 2.58. The van der Waals surface area contributed by atoms with E-state index in [4.69, 9.17) is 4.74 Å². The number of nitrogens with zero attached hydrogens (tertiary/aromatic N) is 3. The molecule has 3 aromatic rings. The summed E-state index contributed by atoms with van der Waals surface area (Å²) in [4.78, 5) is 16.3. The van der Waals surface area contributed by atoms with Crippen molar-refractivity contribution in [3.8, 4) is 11.6 Å². The quantitative estimate of drug-likeness (QED) is 0.678. The predicted octanol–water partition coefficient (Wildman–Crippen LogP) is 2.92. The van der Waals surface area contributed by atoms with Gasteiger partial charge in [-0.25, -0.2) is 9.67 Å². The van der Waals surface area contributed by atoms with Crippen LogP contribution < -0.4 is 10.1 Å². The van der Waals surface area contributed by atoms with E-state index in [1.807, 2.05) is 60.3 Å². The van der Waals surface area contributed by atoms with E-state index in [2.05, 4.69) is 15.4 Å². The zero-order chi connectivity index (χ0) is 18.2. The van der Waals surface area contributed by atoms with Crippen LogP contribution in [0.25, 0.3) is 5.69 Å². The highest BCUT2D eigenvalue weighted by molar-refractivity contribution is 5.76. The van der Waals surface area contributed by atoms with Crippen LogP contribution in [-0.4, -0.2) is 27.3 Å². The van der Waals surface area contributed by atoms with Crippen LogP contribution in [0.3, 0.4) is 0 Å². The van der Waals surface area contributed by atoms with Crippen LogP contribution in [0.2, 0.25) is 0 Å². The number of amides is 1. The zero-order valence-corrected chi connectivity index (χ0v) is 14.8. The third-order valence-corrected chi connectivity index (χ3v) is 3.90. The van der Waals surface area contributed by atoms with Crippen molar-refractivity contribution in [3.63, 3.8) is 0 Å². The number of carbonyl (C=O) groups is 1. The molecule has 0 fully saturated rings. The fraction of sp³-hybridized carbons (Fsp3) is 0.250. The minimum absolute atomic E-state index is 0.0104. The van der Waals surface area contributed by atoms with Crippen molar-refractivity contribution in [1.82, 2.24) is 20.1 Å². The minimum Gasteiger partial charge on any atom is -0.478 e. The van der Waals surface area contributed by atoms with E-state index in [0.717, 1.165) is 16.8 Å². The second-order valence-corrected chi connectivity index (χ2v) is 5.81. The van der Waals surface area contributed by atoms with E-state index in [1.54, 1.807) is 12.4 Å². The van der Waals surface area contributed by atoms with Crippen molar-refractivity contribution in [3.05, 3.63) is 72.2 Å². The molecular weight excluding hydrogens is 328 g/mol. The first kappa shape index (κ1) is 17.7. The largest absolute Gasteiger partial charge is 0.478 e. The molecule has 6 nitrogen and oxygen atoms in total. The molecule has 26 heavy (non-hydrogen) atoms. The summed E-state index contributed by atoms with van der Waals surface area (Å²) in [6.07, 6.45) is 6.49. The second kappa shape index (κ2) is 8.80. The Bertz CT molecular complexity index is 846. The Hall–Kier alpha value is -3.15. The van der Waals surface area contributed by atoms with E-state index in [-0.39, 0.29) is 5.91 Å². The Labute approximate surface area is 152 Å². The van der Waals surface area contributed by atoms with Gasteiger partial charge in [0.05, 0.1) is 18.5 Å². The maximum absolute atomic E-state index is 12.1. The number of pyridine rings is 1. The number of ether oxygens (including phenoxy) is 1. The van der Waals surface area contributed by atoms with E-state index >= 15 is 0 Å².